The summed E-state index contributed by atoms with van der Waals surface area (Å²) in [6.45, 7) is 11.6. The van der Waals surface area contributed by atoms with Gasteiger partial charge < -0.3 is 35.2 Å². The Morgan fingerprint density at radius 2 is 1.71 bits per heavy atom. The molecule has 10 rings (SSSR count). The van der Waals surface area contributed by atoms with Gasteiger partial charge in [0.25, 0.3) is 15.9 Å². The molecule has 73 heavy (non-hydrogen) atoms. The van der Waals surface area contributed by atoms with Crippen molar-refractivity contribution in [1.29, 1.82) is 0 Å². The Kier molecular flexibility index (Phi) is 14.5. The lowest BCUT2D eigenvalue weighted by Crippen LogP contribution is -2.98. The summed E-state index contributed by atoms with van der Waals surface area (Å²) in [5, 5.41) is 17.1. The molecule has 7 aromatic rings. The maximum absolute atomic E-state index is 14.4. The molecule has 3 aliphatic rings. The van der Waals surface area contributed by atoms with E-state index in [1.54, 1.807) is 36.7 Å². The number of piperidine rings is 1. The van der Waals surface area contributed by atoms with E-state index in [9.17, 15) is 27.2 Å². The minimum atomic E-state index is -4.61. The first-order chi connectivity index (χ1) is 35.2. The van der Waals surface area contributed by atoms with Gasteiger partial charge in [-0.05, 0) is 96.5 Å². The zero-order valence-corrected chi connectivity index (χ0v) is 42.6. The molecule has 1 aliphatic carbocycles. The van der Waals surface area contributed by atoms with E-state index >= 15 is 0 Å². The molecule has 5 N–H and O–H groups in total. The quantitative estimate of drug-likeness (QED) is 0.0619. The average Bonchev–Trinajstić information content (AvgIpc) is 4.08. The van der Waals surface area contributed by atoms with Gasteiger partial charge in [0.2, 0.25) is 0 Å². The van der Waals surface area contributed by atoms with Gasteiger partial charge >= 0.3 is 0 Å². The number of aromatic amines is 2. The van der Waals surface area contributed by atoms with E-state index in [1.165, 1.54) is 42.7 Å². The lowest BCUT2D eigenvalue weighted by Gasteiger charge is -2.48. The number of piperazine rings is 1. The second kappa shape index (κ2) is 21.2. The summed E-state index contributed by atoms with van der Waals surface area (Å²) in [7, 11) is -3.22. The number of quaternary nitrogens is 1. The number of carbonyl (C=O) groups is 1. The number of halogens is 2. The van der Waals surface area contributed by atoms with Crippen molar-refractivity contribution in [2.75, 3.05) is 56.5 Å². The molecule has 0 radical (unpaired) electrons. The molecular formula is C55H64F2N10O5S. The van der Waals surface area contributed by atoms with Crippen molar-refractivity contribution in [3.63, 3.8) is 0 Å². The van der Waals surface area contributed by atoms with E-state index in [4.69, 9.17) is 4.74 Å². The number of carbonyl (C=O) groups excluding carboxylic acids is 1. The van der Waals surface area contributed by atoms with Gasteiger partial charge in [0.15, 0.2) is 17.3 Å². The molecule has 5 heterocycles. The Morgan fingerprint density at radius 3 is 2.48 bits per heavy atom. The highest BCUT2D eigenvalue weighted by Crippen LogP contribution is 2.39. The number of benzene rings is 4. The largest absolute Gasteiger partial charge is 0.629 e. The number of hydroxylamine groups is 1. The van der Waals surface area contributed by atoms with Crippen LogP contribution in [0.1, 0.15) is 98.3 Å². The van der Waals surface area contributed by atoms with Gasteiger partial charge in [0.1, 0.15) is 33.2 Å². The lowest BCUT2D eigenvalue weighted by molar-refractivity contribution is -0.750. The summed E-state index contributed by atoms with van der Waals surface area (Å²) >= 11 is 0. The number of nitrogens with one attached hydrogen (secondary N) is 5. The predicted molar refractivity (Wildman–Crippen MR) is 280 cm³/mol. The van der Waals surface area contributed by atoms with Crippen LogP contribution in [0.5, 0.6) is 11.5 Å². The predicted octanol–water partition coefficient (Wildman–Crippen LogP) is 9.16. The van der Waals surface area contributed by atoms with Crippen molar-refractivity contribution in [3.05, 3.63) is 137 Å². The van der Waals surface area contributed by atoms with Gasteiger partial charge in [-0.1, -0.05) is 63.9 Å². The molecule has 1 amide bonds. The first-order valence-electron chi connectivity index (χ1n) is 25.5. The van der Waals surface area contributed by atoms with E-state index < -0.39 is 27.6 Å². The molecule has 384 valence electrons. The van der Waals surface area contributed by atoms with Crippen molar-refractivity contribution in [3.8, 4) is 11.5 Å². The third kappa shape index (κ3) is 10.8. The third-order valence-electron chi connectivity index (χ3n) is 15.3. The molecule has 1 unspecified atom stereocenters. The number of imidazole rings is 1. The lowest BCUT2D eigenvalue weighted by atomic mass is 9.83. The van der Waals surface area contributed by atoms with E-state index in [-0.39, 0.29) is 44.6 Å². The average molecular weight is 1020 g/mol. The number of pyridine rings is 1. The van der Waals surface area contributed by atoms with Crippen molar-refractivity contribution >= 4 is 55.1 Å². The Bertz CT molecular complexity index is 3220. The molecule has 18 heteroatoms. The Labute approximate surface area is 425 Å². The number of rotatable bonds is 15. The first kappa shape index (κ1) is 50.1. The van der Waals surface area contributed by atoms with Crippen LogP contribution in [0.25, 0.3) is 22.1 Å². The van der Waals surface area contributed by atoms with Crippen molar-refractivity contribution in [1.82, 2.24) is 34.5 Å². The second-order valence-electron chi connectivity index (χ2n) is 20.5. The summed E-state index contributed by atoms with van der Waals surface area (Å²) in [5.41, 5.74) is 5.89. The van der Waals surface area contributed by atoms with Gasteiger partial charge in [0, 0.05) is 87.3 Å². The number of H-pyrrole nitrogens is 2. The van der Waals surface area contributed by atoms with E-state index in [1.807, 2.05) is 12.1 Å². The number of hydrogen-bond acceptors (Lipinski definition) is 11. The number of nitrogens with zero attached hydrogens (tertiary/aromatic N) is 5. The summed E-state index contributed by atoms with van der Waals surface area (Å²) in [6, 6.07) is 23.2. The fourth-order valence-corrected chi connectivity index (χ4v) is 12.4. The summed E-state index contributed by atoms with van der Waals surface area (Å²) in [4.78, 5) is 36.3. The van der Waals surface area contributed by atoms with Crippen LogP contribution in [0.4, 0.5) is 25.8 Å². The molecule has 15 nitrogen and oxygen atoms in total. The minimum absolute atomic E-state index is 0.0190. The highest BCUT2D eigenvalue weighted by molar-refractivity contribution is 7.90. The van der Waals surface area contributed by atoms with Crippen LogP contribution < -0.4 is 24.7 Å². The zero-order chi connectivity index (χ0) is 51.0. The molecule has 0 bridgehead atoms. The normalized spacial score (nSPS) is 19.9. The maximum atomic E-state index is 14.4. The molecule has 1 saturated carbocycles. The number of fused-ring (bicyclic) bond motifs is 2. The highest BCUT2D eigenvalue weighted by atomic mass is 32.2. The SMILES string of the molecule is CC1CCC(CNc2c([NH+](C)[O-])cc(S(=O)(=O)NC(=O)c3ccc(N4CCC(N5CCN(Cc6ccc(F)c(F)c6)C[C@H]5c5ccccc5C(C)C)CC4)cc3Oc3cnc4[nH]ccc4c3)c3nc[nH]c23)CC1. The molecule has 0 spiro atoms. The maximum Gasteiger partial charge on any atom is 0.268 e. The molecule has 3 fully saturated rings. The number of ether oxygens (including phenoxy) is 1. The standard InChI is InChI=1S/C55H64F2N10O5S/c1-34(2)42-7-5-6-8-43(42)48-32-65(31-37-13-16-45(56)46(57)25-37)23-24-67(48)39-18-21-66(22-19-39)40-14-15-44(49(27-40)72-41-26-38-17-20-58-54(38)60-30-41)55(68)63-73(70,71)50-28-47(64(4)69)51(53-52(50)61-33-62-53)59-29-36-11-9-35(3)10-12-36/h5-8,13-17,20,25-28,30,33-36,39,48,59,64H,9-12,18-19,21-24,29,31-32H2,1-4H3,(H,58,60)(H,61,62)(H,63,68)/t35?,36?,48-/m0/s1. The summed E-state index contributed by atoms with van der Waals surface area (Å²) in [6.07, 6.45) is 10.8. The molecule has 2 saturated heterocycles. The Balaban J connectivity index is 0.896. The molecule has 2 atom stereocenters. The molecule has 4 aromatic carbocycles. The van der Waals surface area contributed by atoms with Gasteiger partial charge in [-0.15, -0.1) is 0 Å². The van der Waals surface area contributed by atoms with Crippen LogP contribution in [0.3, 0.4) is 0 Å². The number of sulfonamides is 1. The monoisotopic (exact) mass is 1010 g/mol. The number of aromatic nitrogens is 4. The van der Waals surface area contributed by atoms with Crippen molar-refractivity contribution in [2.24, 2.45) is 11.8 Å². The van der Waals surface area contributed by atoms with Crippen LogP contribution >= 0.6 is 0 Å². The van der Waals surface area contributed by atoms with Crippen LogP contribution in [0.15, 0.2) is 102 Å². The van der Waals surface area contributed by atoms with Crippen LogP contribution in [0.2, 0.25) is 0 Å². The minimum Gasteiger partial charge on any atom is -0.629 e. The number of anilines is 2. The fraction of sp³-hybridized carbons (Fsp3) is 0.400. The highest BCUT2D eigenvalue weighted by Gasteiger charge is 2.37. The van der Waals surface area contributed by atoms with Gasteiger partial charge in [0.05, 0.1) is 30.7 Å². The zero-order valence-electron chi connectivity index (χ0n) is 41.8. The van der Waals surface area contributed by atoms with Gasteiger partial charge in [-0.25, -0.2) is 31.9 Å². The van der Waals surface area contributed by atoms with E-state index in [2.05, 4.69) is 89.7 Å². The molecule has 2 aliphatic heterocycles. The Morgan fingerprint density at radius 1 is 0.918 bits per heavy atom. The summed E-state index contributed by atoms with van der Waals surface area (Å²) < 4.78 is 65.6. The van der Waals surface area contributed by atoms with E-state index in [0.717, 1.165) is 74.8 Å². The van der Waals surface area contributed by atoms with E-state index in [0.29, 0.717) is 66.5 Å². The van der Waals surface area contributed by atoms with Crippen molar-refractivity contribution < 1.29 is 31.8 Å². The molecule has 3 aromatic heterocycles. The second-order valence-corrected chi connectivity index (χ2v) is 22.2. The Hall–Kier alpha value is -6.44. The van der Waals surface area contributed by atoms with Crippen LogP contribution in [-0.4, -0.2) is 96.4 Å². The smallest absolute Gasteiger partial charge is 0.268 e. The van der Waals surface area contributed by atoms with Crippen molar-refractivity contribution in [2.45, 2.75) is 88.7 Å². The topological polar surface area (TPSA) is 179 Å². The fourth-order valence-electron chi connectivity index (χ4n) is 11.2. The molecular weight excluding hydrogens is 951 g/mol. The number of hydrogen-bond donors (Lipinski definition) is 5. The van der Waals surface area contributed by atoms with Crippen LogP contribution in [-0.2, 0) is 16.6 Å². The van der Waals surface area contributed by atoms with Gasteiger partial charge in [-0.3, -0.25) is 14.6 Å². The van der Waals surface area contributed by atoms with Gasteiger partial charge in [-0.2, -0.15) is 0 Å². The van der Waals surface area contributed by atoms with Crippen LogP contribution in [0, 0.1) is 28.7 Å². The summed E-state index contributed by atoms with van der Waals surface area (Å²) in [5.74, 6) is -0.707. The number of amides is 1. The third-order valence-corrected chi connectivity index (χ3v) is 16.6. The first-order valence-corrected chi connectivity index (χ1v) is 27.0.